The van der Waals surface area contributed by atoms with Gasteiger partial charge in [-0.1, -0.05) is 29.8 Å². The highest BCUT2D eigenvalue weighted by molar-refractivity contribution is 6.31. The lowest BCUT2D eigenvalue weighted by Crippen LogP contribution is -2.51. The van der Waals surface area contributed by atoms with E-state index in [4.69, 9.17) is 25.8 Å². The smallest absolute Gasteiger partial charge is 0.263 e. The fourth-order valence-corrected chi connectivity index (χ4v) is 3.04. The number of hydrogen-bond acceptors (Lipinski definition) is 4. The van der Waals surface area contributed by atoms with Crippen molar-refractivity contribution < 1.29 is 19.0 Å². The molecule has 1 heterocycles. The van der Waals surface area contributed by atoms with E-state index in [0.29, 0.717) is 37.1 Å². The normalized spacial score (nSPS) is 18.0. The highest BCUT2D eigenvalue weighted by Crippen LogP contribution is 2.21. The number of para-hydroxylation sites is 1. The molecule has 1 saturated heterocycles. The molecule has 0 unspecified atom stereocenters. The van der Waals surface area contributed by atoms with E-state index in [1.165, 1.54) is 0 Å². The van der Waals surface area contributed by atoms with Gasteiger partial charge in [0.05, 0.1) is 13.2 Å². The van der Waals surface area contributed by atoms with Crippen LogP contribution in [0, 0.1) is 6.92 Å². The maximum atomic E-state index is 12.7. The van der Waals surface area contributed by atoms with Gasteiger partial charge in [0.2, 0.25) is 0 Å². The minimum absolute atomic E-state index is 0.0468. The Balaban J connectivity index is 1.52. The molecule has 1 aliphatic rings. The van der Waals surface area contributed by atoms with Crippen LogP contribution < -0.4 is 9.47 Å². The van der Waals surface area contributed by atoms with E-state index in [2.05, 4.69) is 0 Å². The monoisotopic (exact) mass is 389 g/mol. The van der Waals surface area contributed by atoms with Crippen molar-refractivity contribution in [3.05, 3.63) is 59.1 Å². The summed E-state index contributed by atoms with van der Waals surface area (Å²) >= 11 is 6.03. The van der Waals surface area contributed by atoms with Gasteiger partial charge in [-0.25, -0.2) is 0 Å². The Bertz CT molecular complexity index is 768. The van der Waals surface area contributed by atoms with Crippen molar-refractivity contribution in [2.24, 2.45) is 0 Å². The Morgan fingerprint density at radius 1 is 1.26 bits per heavy atom. The van der Waals surface area contributed by atoms with Gasteiger partial charge in [0.25, 0.3) is 5.91 Å². The van der Waals surface area contributed by atoms with Gasteiger partial charge in [-0.2, -0.15) is 0 Å². The van der Waals surface area contributed by atoms with Crippen LogP contribution in [0.2, 0.25) is 5.02 Å². The number of rotatable bonds is 6. The average molecular weight is 390 g/mol. The summed E-state index contributed by atoms with van der Waals surface area (Å²) in [6, 6.07) is 14.9. The van der Waals surface area contributed by atoms with Crippen molar-refractivity contribution in [3.8, 4) is 11.5 Å². The topological polar surface area (TPSA) is 48.0 Å². The number of halogens is 1. The molecule has 2 aromatic carbocycles. The number of carbonyl (C=O) groups is 1. The molecule has 0 N–H and O–H groups in total. The number of benzene rings is 2. The molecule has 0 radical (unpaired) electrons. The van der Waals surface area contributed by atoms with E-state index in [9.17, 15) is 4.79 Å². The van der Waals surface area contributed by atoms with Crippen molar-refractivity contribution in [1.82, 2.24) is 4.90 Å². The van der Waals surface area contributed by atoms with Gasteiger partial charge in [0.1, 0.15) is 24.2 Å². The zero-order valence-electron chi connectivity index (χ0n) is 15.6. The van der Waals surface area contributed by atoms with E-state index in [-0.39, 0.29) is 12.0 Å². The van der Waals surface area contributed by atoms with Crippen LogP contribution >= 0.6 is 11.6 Å². The molecule has 2 atom stereocenters. The molecule has 0 aliphatic carbocycles. The van der Waals surface area contributed by atoms with Crippen molar-refractivity contribution >= 4 is 17.5 Å². The third-order valence-corrected chi connectivity index (χ3v) is 4.84. The number of morpholine rings is 1. The third-order valence-electron chi connectivity index (χ3n) is 4.42. The van der Waals surface area contributed by atoms with Gasteiger partial charge in [-0.15, -0.1) is 0 Å². The Morgan fingerprint density at radius 2 is 2.04 bits per heavy atom. The molecule has 27 heavy (non-hydrogen) atoms. The molecular weight excluding hydrogens is 366 g/mol. The zero-order valence-corrected chi connectivity index (χ0v) is 16.3. The van der Waals surface area contributed by atoms with E-state index in [1.807, 2.05) is 55.5 Å². The molecule has 144 valence electrons. The lowest BCUT2D eigenvalue weighted by Gasteiger charge is -2.34. The third kappa shape index (κ3) is 5.37. The summed E-state index contributed by atoms with van der Waals surface area (Å²) in [5.41, 5.74) is 0.961. The van der Waals surface area contributed by atoms with Gasteiger partial charge >= 0.3 is 0 Å². The number of aryl methyl sites for hydroxylation is 1. The second-order valence-corrected chi connectivity index (χ2v) is 6.98. The standard InChI is InChI=1S/C21H24ClNO4/c1-15-12-18(8-9-20(15)22)26-14-19-13-23(10-11-25-19)21(24)16(2)27-17-6-4-3-5-7-17/h3-9,12,16,19H,10-11,13-14H2,1-2H3/t16-,19+/m1/s1. The number of nitrogens with zero attached hydrogens (tertiary/aromatic N) is 1. The maximum absolute atomic E-state index is 12.7. The van der Waals surface area contributed by atoms with Crippen LogP contribution in [0.3, 0.4) is 0 Å². The SMILES string of the molecule is Cc1cc(OC[C@@H]2CN(C(=O)[C@@H](C)Oc3ccccc3)CCO2)ccc1Cl. The summed E-state index contributed by atoms with van der Waals surface area (Å²) in [6.45, 7) is 5.59. The lowest BCUT2D eigenvalue weighted by molar-refractivity contribution is -0.146. The molecule has 5 nitrogen and oxygen atoms in total. The minimum Gasteiger partial charge on any atom is -0.491 e. The number of hydrogen-bond donors (Lipinski definition) is 0. The Labute approximate surface area is 164 Å². The number of carbonyl (C=O) groups excluding carboxylic acids is 1. The fourth-order valence-electron chi connectivity index (χ4n) is 2.93. The van der Waals surface area contributed by atoms with Gasteiger partial charge in [0.15, 0.2) is 6.10 Å². The quantitative estimate of drug-likeness (QED) is 0.755. The summed E-state index contributed by atoms with van der Waals surface area (Å²) in [6.07, 6.45) is -0.728. The molecule has 0 saturated carbocycles. The van der Waals surface area contributed by atoms with Crippen molar-refractivity contribution in [1.29, 1.82) is 0 Å². The molecule has 3 rings (SSSR count). The minimum atomic E-state index is -0.550. The molecular formula is C21H24ClNO4. The van der Waals surface area contributed by atoms with Gasteiger partial charge in [0, 0.05) is 11.6 Å². The van der Waals surface area contributed by atoms with Crippen LogP contribution in [-0.2, 0) is 9.53 Å². The van der Waals surface area contributed by atoms with E-state index in [0.717, 1.165) is 11.3 Å². The molecule has 0 spiro atoms. The number of ether oxygens (including phenoxy) is 3. The summed E-state index contributed by atoms with van der Waals surface area (Å²) in [7, 11) is 0. The molecule has 1 amide bonds. The molecule has 2 aromatic rings. The van der Waals surface area contributed by atoms with Crippen LogP contribution in [-0.4, -0.2) is 49.3 Å². The van der Waals surface area contributed by atoms with Crippen LogP contribution in [0.15, 0.2) is 48.5 Å². The summed E-state index contributed by atoms with van der Waals surface area (Å²) in [5.74, 6) is 1.38. The van der Waals surface area contributed by atoms with Gasteiger partial charge in [-0.3, -0.25) is 4.79 Å². The van der Waals surface area contributed by atoms with Gasteiger partial charge < -0.3 is 19.1 Å². The summed E-state index contributed by atoms with van der Waals surface area (Å²) in [4.78, 5) is 14.5. The lowest BCUT2D eigenvalue weighted by atomic mass is 10.2. The fraction of sp³-hybridized carbons (Fsp3) is 0.381. The molecule has 0 bridgehead atoms. The predicted octanol–water partition coefficient (Wildman–Crippen LogP) is 3.72. The predicted molar refractivity (Wildman–Crippen MR) is 105 cm³/mol. The van der Waals surface area contributed by atoms with Crippen LogP contribution in [0.1, 0.15) is 12.5 Å². The zero-order chi connectivity index (χ0) is 19.2. The first kappa shape index (κ1) is 19.5. The number of amides is 1. The molecule has 1 aliphatic heterocycles. The summed E-state index contributed by atoms with van der Waals surface area (Å²) in [5, 5.41) is 0.709. The highest BCUT2D eigenvalue weighted by Gasteiger charge is 2.28. The van der Waals surface area contributed by atoms with Crippen molar-refractivity contribution in [3.63, 3.8) is 0 Å². The van der Waals surface area contributed by atoms with E-state index < -0.39 is 6.10 Å². The van der Waals surface area contributed by atoms with Crippen LogP contribution in [0.5, 0.6) is 11.5 Å². The Hall–Kier alpha value is -2.24. The van der Waals surface area contributed by atoms with Gasteiger partial charge in [-0.05, 0) is 49.7 Å². The van der Waals surface area contributed by atoms with Crippen LogP contribution in [0.4, 0.5) is 0 Å². The summed E-state index contributed by atoms with van der Waals surface area (Å²) < 4.78 is 17.3. The van der Waals surface area contributed by atoms with Crippen molar-refractivity contribution in [2.75, 3.05) is 26.3 Å². The van der Waals surface area contributed by atoms with E-state index in [1.54, 1.807) is 11.8 Å². The van der Waals surface area contributed by atoms with Crippen LogP contribution in [0.25, 0.3) is 0 Å². The molecule has 6 heteroatoms. The second kappa shape index (κ2) is 9.11. The molecule has 1 fully saturated rings. The Morgan fingerprint density at radius 3 is 2.78 bits per heavy atom. The van der Waals surface area contributed by atoms with E-state index >= 15 is 0 Å². The first-order valence-electron chi connectivity index (χ1n) is 9.04. The maximum Gasteiger partial charge on any atom is 0.263 e. The molecule has 0 aromatic heterocycles. The first-order valence-corrected chi connectivity index (χ1v) is 9.42. The largest absolute Gasteiger partial charge is 0.491 e. The Kier molecular flexibility index (Phi) is 6.58. The first-order chi connectivity index (χ1) is 13.0. The second-order valence-electron chi connectivity index (χ2n) is 6.57. The highest BCUT2D eigenvalue weighted by atomic mass is 35.5. The van der Waals surface area contributed by atoms with Crippen molar-refractivity contribution in [2.45, 2.75) is 26.1 Å². The average Bonchev–Trinajstić information content (AvgIpc) is 2.69.